The van der Waals surface area contributed by atoms with E-state index in [1.165, 1.54) is 77.2 Å². The molecular weight excluding hydrogens is 244 g/mol. The molecule has 2 fully saturated rings. The Bertz CT molecular complexity index is 273. The van der Waals surface area contributed by atoms with Crippen molar-refractivity contribution in [1.82, 2.24) is 4.90 Å². The van der Waals surface area contributed by atoms with Gasteiger partial charge in [-0.25, -0.2) is 0 Å². The second-order valence-corrected chi connectivity index (χ2v) is 7.21. The molecule has 0 heterocycles. The van der Waals surface area contributed by atoms with Gasteiger partial charge in [0.2, 0.25) is 0 Å². The third-order valence-corrected chi connectivity index (χ3v) is 6.20. The molecule has 2 nitrogen and oxygen atoms in total. The molecule has 2 heteroatoms. The van der Waals surface area contributed by atoms with Crippen molar-refractivity contribution in [3.05, 3.63) is 0 Å². The van der Waals surface area contributed by atoms with Gasteiger partial charge in [-0.1, -0.05) is 52.4 Å². The van der Waals surface area contributed by atoms with Crippen LogP contribution in [-0.2, 0) is 0 Å². The molecule has 2 saturated carbocycles. The normalized spacial score (nSPS) is 33.3. The summed E-state index contributed by atoms with van der Waals surface area (Å²) in [6, 6.07) is 0.815. The third kappa shape index (κ3) is 3.57. The quantitative estimate of drug-likeness (QED) is 0.760. The average molecular weight is 280 g/mol. The largest absolute Gasteiger partial charge is 0.329 e. The first-order valence-corrected chi connectivity index (χ1v) is 9.22. The van der Waals surface area contributed by atoms with E-state index in [0.717, 1.165) is 18.5 Å². The van der Waals surface area contributed by atoms with Gasteiger partial charge in [-0.05, 0) is 44.6 Å². The lowest BCUT2D eigenvalue weighted by Crippen LogP contribution is -2.58. The van der Waals surface area contributed by atoms with Gasteiger partial charge in [-0.15, -0.1) is 0 Å². The Morgan fingerprint density at radius 1 is 0.950 bits per heavy atom. The number of likely N-dealkylation sites (N-methyl/N-ethyl adjacent to an activating group) is 1. The summed E-state index contributed by atoms with van der Waals surface area (Å²) in [7, 11) is 0. The summed E-state index contributed by atoms with van der Waals surface area (Å²) in [5.41, 5.74) is 6.66. The molecule has 0 radical (unpaired) electrons. The smallest absolute Gasteiger partial charge is 0.0334 e. The van der Waals surface area contributed by atoms with Crippen molar-refractivity contribution in [2.45, 2.75) is 96.1 Å². The molecular formula is C18H36N2. The summed E-state index contributed by atoms with van der Waals surface area (Å²) in [6.07, 6.45) is 15.4. The SMILES string of the molecule is CCC1CCCC(CN)(N(CC)C2CCCCC2)CC1. The van der Waals surface area contributed by atoms with Crippen LogP contribution in [0.5, 0.6) is 0 Å². The molecule has 2 rings (SSSR count). The molecule has 0 aromatic heterocycles. The average Bonchev–Trinajstić information content (AvgIpc) is 2.72. The van der Waals surface area contributed by atoms with Gasteiger partial charge in [-0.3, -0.25) is 4.90 Å². The highest BCUT2D eigenvalue weighted by Gasteiger charge is 2.39. The summed E-state index contributed by atoms with van der Waals surface area (Å²) >= 11 is 0. The van der Waals surface area contributed by atoms with Gasteiger partial charge < -0.3 is 5.73 Å². The van der Waals surface area contributed by atoms with Crippen LogP contribution in [0.2, 0.25) is 0 Å². The molecule has 2 atom stereocenters. The van der Waals surface area contributed by atoms with Gasteiger partial charge in [0, 0.05) is 18.1 Å². The van der Waals surface area contributed by atoms with Crippen LogP contribution < -0.4 is 5.73 Å². The fraction of sp³-hybridized carbons (Fsp3) is 1.00. The van der Waals surface area contributed by atoms with Gasteiger partial charge in [0.05, 0.1) is 0 Å². The Hall–Kier alpha value is -0.0800. The van der Waals surface area contributed by atoms with Crippen LogP contribution in [0.3, 0.4) is 0 Å². The van der Waals surface area contributed by atoms with Crippen molar-refractivity contribution in [3.63, 3.8) is 0 Å². The maximum atomic E-state index is 6.34. The second kappa shape index (κ2) is 7.79. The first-order valence-electron chi connectivity index (χ1n) is 9.22. The maximum absolute atomic E-state index is 6.34. The topological polar surface area (TPSA) is 29.3 Å². The minimum absolute atomic E-state index is 0.320. The zero-order valence-electron chi connectivity index (χ0n) is 13.9. The highest BCUT2D eigenvalue weighted by molar-refractivity contribution is 4.97. The van der Waals surface area contributed by atoms with Crippen LogP contribution >= 0.6 is 0 Å². The van der Waals surface area contributed by atoms with Crippen molar-refractivity contribution < 1.29 is 0 Å². The summed E-state index contributed by atoms with van der Waals surface area (Å²) in [6.45, 7) is 6.78. The minimum Gasteiger partial charge on any atom is -0.329 e. The molecule has 2 aliphatic rings. The van der Waals surface area contributed by atoms with E-state index in [0.29, 0.717) is 5.54 Å². The van der Waals surface area contributed by atoms with Crippen LogP contribution in [0.4, 0.5) is 0 Å². The Kier molecular flexibility index (Phi) is 6.35. The molecule has 118 valence electrons. The summed E-state index contributed by atoms with van der Waals surface area (Å²) in [5, 5.41) is 0. The fourth-order valence-electron chi connectivity index (χ4n) is 4.85. The Morgan fingerprint density at radius 3 is 2.30 bits per heavy atom. The zero-order valence-corrected chi connectivity index (χ0v) is 13.9. The van der Waals surface area contributed by atoms with Gasteiger partial charge >= 0.3 is 0 Å². The summed E-state index contributed by atoms with van der Waals surface area (Å²) in [4.78, 5) is 2.84. The second-order valence-electron chi connectivity index (χ2n) is 7.21. The highest BCUT2D eigenvalue weighted by atomic mass is 15.2. The van der Waals surface area contributed by atoms with E-state index in [1.54, 1.807) is 0 Å². The standard InChI is InChI=1S/C18H36N2/c1-3-16-9-8-13-18(15-19,14-12-16)20(4-2)17-10-6-5-7-11-17/h16-17H,3-15,19H2,1-2H3. The molecule has 0 bridgehead atoms. The van der Waals surface area contributed by atoms with Gasteiger partial charge in [-0.2, -0.15) is 0 Å². The fourth-order valence-corrected chi connectivity index (χ4v) is 4.85. The number of hydrogen-bond donors (Lipinski definition) is 1. The van der Waals surface area contributed by atoms with Gasteiger partial charge in [0.25, 0.3) is 0 Å². The first-order chi connectivity index (χ1) is 9.75. The molecule has 2 N–H and O–H groups in total. The van der Waals surface area contributed by atoms with Gasteiger partial charge in [0.1, 0.15) is 0 Å². The lowest BCUT2D eigenvalue weighted by molar-refractivity contribution is 0.0232. The lowest BCUT2D eigenvalue weighted by Gasteiger charge is -2.48. The van der Waals surface area contributed by atoms with E-state index >= 15 is 0 Å². The molecule has 0 aromatic rings. The minimum atomic E-state index is 0.320. The predicted octanol–water partition coefficient (Wildman–Crippen LogP) is 4.33. The van der Waals surface area contributed by atoms with E-state index < -0.39 is 0 Å². The van der Waals surface area contributed by atoms with Crippen molar-refractivity contribution in [1.29, 1.82) is 0 Å². The predicted molar refractivity (Wildman–Crippen MR) is 87.9 cm³/mol. The molecule has 0 saturated heterocycles. The van der Waals surface area contributed by atoms with Crippen molar-refractivity contribution in [2.24, 2.45) is 11.7 Å². The highest BCUT2D eigenvalue weighted by Crippen LogP contribution is 2.38. The van der Waals surface area contributed by atoms with Crippen LogP contribution in [0.15, 0.2) is 0 Å². The number of hydrogen-bond acceptors (Lipinski definition) is 2. The zero-order chi connectivity index (χ0) is 14.4. The van der Waals surface area contributed by atoms with E-state index in [2.05, 4.69) is 18.7 Å². The molecule has 20 heavy (non-hydrogen) atoms. The number of nitrogens with two attached hydrogens (primary N) is 1. The lowest BCUT2D eigenvalue weighted by atomic mass is 9.83. The number of nitrogens with zero attached hydrogens (tertiary/aromatic N) is 1. The Morgan fingerprint density at radius 2 is 1.70 bits per heavy atom. The van der Waals surface area contributed by atoms with E-state index in [-0.39, 0.29) is 0 Å². The maximum Gasteiger partial charge on any atom is 0.0334 e. The van der Waals surface area contributed by atoms with E-state index in [4.69, 9.17) is 5.73 Å². The summed E-state index contributed by atoms with van der Waals surface area (Å²) in [5.74, 6) is 0.952. The van der Waals surface area contributed by atoms with Crippen LogP contribution in [0.25, 0.3) is 0 Å². The van der Waals surface area contributed by atoms with E-state index in [1.807, 2.05) is 0 Å². The molecule has 0 aliphatic heterocycles. The van der Waals surface area contributed by atoms with Crippen molar-refractivity contribution >= 4 is 0 Å². The van der Waals surface area contributed by atoms with Crippen LogP contribution in [0.1, 0.15) is 84.5 Å². The number of rotatable bonds is 5. The monoisotopic (exact) mass is 280 g/mol. The van der Waals surface area contributed by atoms with Crippen molar-refractivity contribution in [3.8, 4) is 0 Å². The molecule has 2 unspecified atom stereocenters. The van der Waals surface area contributed by atoms with Crippen LogP contribution in [-0.4, -0.2) is 29.6 Å². The van der Waals surface area contributed by atoms with Crippen molar-refractivity contribution in [2.75, 3.05) is 13.1 Å². The molecule has 2 aliphatic carbocycles. The van der Waals surface area contributed by atoms with Crippen LogP contribution in [0, 0.1) is 5.92 Å². The first kappa shape index (κ1) is 16.3. The molecule has 0 spiro atoms. The molecule has 0 aromatic carbocycles. The molecule has 0 amide bonds. The third-order valence-electron chi connectivity index (χ3n) is 6.20. The Balaban J connectivity index is 2.09. The summed E-state index contributed by atoms with van der Waals surface area (Å²) < 4.78 is 0. The van der Waals surface area contributed by atoms with Gasteiger partial charge in [0.15, 0.2) is 0 Å². The Labute approximate surface area is 126 Å². The van der Waals surface area contributed by atoms with E-state index in [9.17, 15) is 0 Å².